The van der Waals surface area contributed by atoms with Crippen LogP contribution in [0.1, 0.15) is 52.2 Å². The fourth-order valence-electron chi connectivity index (χ4n) is 5.13. The van der Waals surface area contributed by atoms with E-state index in [-0.39, 0.29) is 24.1 Å². The molecule has 0 radical (unpaired) electrons. The smallest absolute Gasteiger partial charge is 0.255 e. The van der Waals surface area contributed by atoms with E-state index in [0.717, 1.165) is 30.6 Å². The van der Waals surface area contributed by atoms with Gasteiger partial charge in [0.1, 0.15) is 6.04 Å². The Bertz CT molecular complexity index is 1040. The molecule has 0 spiro atoms. The van der Waals surface area contributed by atoms with Crippen LogP contribution in [0, 0.1) is 0 Å². The third kappa shape index (κ3) is 4.06. The van der Waals surface area contributed by atoms with Gasteiger partial charge in [-0.2, -0.15) is 0 Å². The predicted molar refractivity (Wildman–Crippen MR) is 120 cm³/mol. The number of rotatable bonds is 5. The van der Waals surface area contributed by atoms with Crippen LogP contribution in [0.3, 0.4) is 0 Å². The van der Waals surface area contributed by atoms with Gasteiger partial charge in [0.05, 0.1) is 0 Å². The van der Waals surface area contributed by atoms with Gasteiger partial charge in [0.2, 0.25) is 11.8 Å². The van der Waals surface area contributed by atoms with Crippen LogP contribution in [0.15, 0.2) is 48.5 Å². The number of nitrogens with zero attached hydrogens (tertiary/aromatic N) is 1. The van der Waals surface area contributed by atoms with Crippen LogP contribution in [0.25, 0.3) is 0 Å². The van der Waals surface area contributed by atoms with Crippen LogP contribution in [-0.4, -0.2) is 47.8 Å². The minimum absolute atomic E-state index is 0.127. The lowest BCUT2D eigenvalue weighted by Crippen LogP contribution is -2.52. The highest BCUT2D eigenvalue weighted by Crippen LogP contribution is 2.29. The second-order valence-electron chi connectivity index (χ2n) is 8.89. The van der Waals surface area contributed by atoms with Crippen molar-refractivity contribution in [1.82, 2.24) is 20.9 Å². The molecule has 2 aromatic rings. The van der Waals surface area contributed by atoms with Crippen molar-refractivity contribution in [1.29, 1.82) is 0 Å². The largest absolute Gasteiger partial charge is 0.322 e. The molecule has 0 saturated carbocycles. The number of imide groups is 1. The first-order chi connectivity index (χ1) is 15.6. The van der Waals surface area contributed by atoms with Crippen LogP contribution < -0.4 is 16.0 Å². The molecule has 3 N–H and O–H groups in total. The minimum Gasteiger partial charge on any atom is -0.322 e. The van der Waals surface area contributed by atoms with Crippen molar-refractivity contribution >= 4 is 17.7 Å². The molecule has 2 saturated heterocycles. The maximum atomic E-state index is 13.0. The van der Waals surface area contributed by atoms with Crippen LogP contribution in [-0.2, 0) is 22.7 Å². The van der Waals surface area contributed by atoms with Crippen molar-refractivity contribution < 1.29 is 14.4 Å². The third-order valence-corrected chi connectivity index (χ3v) is 6.87. The second kappa shape index (κ2) is 8.84. The summed E-state index contributed by atoms with van der Waals surface area (Å²) in [4.78, 5) is 38.3. The maximum absolute atomic E-state index is 13.0. The van der Waals surface area contributed by atoms with Gasteiger partial charge in [-0.05, 0) is 42.1 Å². The minimum atomic E-state index is -0.575. The van der Waals surface area contributed by atoms with Gasteiger partial charge in [-0.3, -0.25) is 19.7 Å². The Morgan fingerprint density at radius 2 is 1.88 bits per heavy atom. The zero-order valence-electron chi connectivity index (χ0n) is 18.0. The second-order valence-corrected chi connectivity index (χ2v) is 8.89. The highest BCUT2D eigenvalue weighted by molar-refractivity contribution is 6.05. The molecule has 3 atom stereocenters. The van der Waals surface area contributed by atoms with Gasteiger partial charge in [-0.15, -0.1) is 0 Å². The number of carbonyl (C=O) groups excluding carboxylic acids is 3. The molecule has 3 unspecified atom stereocenters. The van der Waals surface area contributed by atoms with E-state index in [2.05, 4.69) is 46.3 Å². The maximum Gasteiger partial charge on any atom is 0.255 e. The van der Waals surface area contributed by atoms with Gasteiger partial charge in [-0.25, -0.2) is 0 Å². The quantitative estimate of drug-likeness (QED) is 0.626. The number of piperidine rings is 2. The Labute approximate surface area is 187 Å². The summed E-state index contributed by atoms with van der Waals surface area (Å²) in [5.74, 6) is -0.315. The summed E-state index contributed by atoms with van der Waals surface area (Å²) >= 11 is 0. The van der Waals surface area contributed by atoms with E-state index in [1.54, 1.807) is 4.90 Å². The average molecular weight is 433 g/mol. The first kappa shape index (κ1) is 20.8. The van der Waals surface area contributed by atoms with Crippen molar-refractivity contribution in [2.24, 2.45) is 0 Å². The van der Waals surface area contributed by atoms with Crippen molar-refractivity contribution in [3.63, 3.8) is 0 Å². The number of fused-ring (bicyclic) bond motifs is 1. The molecule has 3 aliphatic heterocycles. The van der Waals surface area contributed by atoms with Crippen LogP contribution in [0.2, 0.25) is 0 Å². The summed E-state index contributed by atoms with van der Waals surface area (Å²) in [7, 11) is 0. The van der Waals surface area contributed by atoms with E-state index in [4.69, 9.17) is 0 Å². The molecule has 166 valence electrons. The van der Waals surface area contributed by atoms with Gasteiger partial charge in [-0.1, -0.05) is 42.5 Å². The molecule has 2 aromatic carbocycles. The molecule has 2 fully saturated rings. The highest BCUT2D eigenvalue weighted by atomic mass is 16.2. The molecule has 0 aliphatic carbocycles. The molecule has 3 amide bonds. The van der Waals surface area contributed by atoms with Crippen LogP contribution in [0.4, 0.5) is 0 Å². The van der Waals surface area contributed by atoms with E-state index >= 15 is 0 Å². The number of carbonyl (C=O) groups is 3. The lowest BCUT2D eigenvalue weighted by Gasteiger charge is -2.33. The van der Waals surface area contributed by atoms with Gasteiger partial charge in [0, 0.05) is 43.6 Å². The molecular formula is C25H28N4O3. The first-order valence-electron chi connectivity index (χ1n) is 11.4. The Morgan fingerprint density at radius 3 is 2.69 bits per heavy atom. The van der Waals surface area contributed by atoms with Crippen molar-refractivity contribution in [3.8, 4) is 0 Å². The molecule has 32 heavy (non-hydrogen) atoms. The Kier molecular flexibility index (Phi) is 5.76. The van der Waals surface area contributed by atoms with E-state index in [1.807, 2.05) is 18.2 Å². The molecule has 3 heterocycles. The van der Waals surface area contributed by atoms with Crippen molar-refractivity contribution in [2.45, 2.75) is 50.4 Å². The number of benzene rings is 2. The van der Waals surface area contributed by atoms with E-state index in [0.29, 0.717) is 37.0 Å². The molecule has 5 rings (SSSR count). The zero-order valence-corrected chi connectivity index (χ0v) is 18.0. The lowest BCUT2D eigenvalue weighted by atomic mass is 9.86. The predicted octanol–water partition coefficient (Wildman–Crippen LogP) is 1.68. The van der Waals surface area contributed by atoms with Gasteiger partial charge >= 0.3 is 0 Å². The summed E-state index contributed by atoms with van der Waals surface area (Å²) in [6.07, 6.45) is 1.74. The zero-order chi connectivity index (χ0) is 22.1. The fourth-order valence-corrected chi connectivity index (χ4v) is 5.13. The summed E-state index contributed by atoms with van der Waals surface area (Å²) in [6, 6.07) is 16.4. The lowest BCUT2D eigenvalue weighted by molar-refractivity contribution is -0.136. The average Bonchev–Trinajstić information content (AvgIpc) is 3.14. The number of hydrogen-bond donors (Lipinski definition) is 3. The first-order valence-corrected chi connectivity index (χ1v) is 11.4. The normalized spacial score (nSPS) is 25.6. The van der Waals surface area contributed by atoms with E-state index in [9.17, 15) is 14.4 Å². The summed E-state index contributed by atoms with van der Waals surface area (Å²) in [5, 5.41) is 9.53. The monoisotopic (exact) mass is 432 g/mol. The number of nitrogens with one attached hydrogen (secondary N) is 3. The van der Waals surface area contributed by atoms with E-state index < -0.39 is 6.04 Å². The molecular weight excluding hydrogens is 404 g/mol. The van der Waals surface area contributed by atoms with Gasteiger partial charge in [0.15, 0.2) is 0 Å². The standard InChI is InChI=1S/C25H28N4O3/c30-23-9-8-22(24(31)28-23)29-15-18-7-6-16(12-20(18)25(29)32)13-27-21-14-26-11-10-19(21)17-4-2-1-3-5-17/h1-7,12,19,21-22,26-27H,8-11,13-15H2,(H,28,30,31). The SMILES string of the molecule is O=C1CCC(N2Cc3ccc(CNC4CNCCC4c4ccccc4)cc3C2=O)C(=O)N1. The van der Waals surface area contributed by atoms with Crippen molar-refractivity contribution in [2.75, 3.05) is 13.1 Å². The Morgan fingerprint density at radius 1 is 1.03 bits per heavy atom. The number of amides is 3. The molecule has 3 aliphatic rings. The molecule has 0 aromatic heterocycles. The summed E-state index contributed by atoms with van der Waals surface area (Å²) < 4.78 is 0. The van der Waals surface area contributed by atoms with Crippen LogP contribution >= 0.6 is 0 Å². The van der Waals surface area contributed by atoms with Gasteiger partial charge < -0.3 is 15.5 Å². The Hall–Kier alpha value is -3.03. The van der Waals surface area contributed by atoms with Crippen molar-refractivity contribution in [3.05, 3.63) is 70.8 Å². The molecule has 7 nitrogen and oxygen atoms in total. The molecule has 0 bridgehead atoms. The van der Waals surface area contributed by atoms with Crippen LogP contribution in [0.5, 0.6) is 0 Å². The fraction of sp³-hybridized carbons (Fsp3) is 0.400. The van der Waals surface area contributed by atoms with E-state index in [1.165, 1.54) is 5.56 Å². The summed E-state index contributed by atoms with van der Waals surface area (Å²) in [6.45, 7) is 3.01. The summed E-state index contributed by atoms with van der Waals surface area (Å²) in [5.41, 5.74) is 4.01. The highest BCUT2D eigenvalue weighted by Gasteiger charge is 2.39. The third-order valence-electron chi connectivity index (χ3n) is 6.87. The topological polar surface area (TPSA) is 90.5 Å². The Balaban J connectivity index is 1.27. The molecule has 7 heteroatoms. The number of hydrogen-bond acceptors (Lipinski definition) is 5. The van der Waals surface area contributed by atoms with Gasteiger partial charge in [0.25, 0.3) is 5.91 Å².